The molecule has 7 nitrogen and oxygen atoms in total. The molecule has 2 atom stereocenters. The lowest BCUT2D eigenvalue weighted by Crippen LogP contribution is -2.55. The van der Waals surface area contributed by atoms with Gasteiger partial charge in [0.2, 0.25) is 5.91 Å². The van der Waals surface area contributed by atoms with Gasteiger partial charge in [0.25, 0.3) is 5.91 Å². The predicted molar refractivity (Wildman–Crippen MR) is 112 cm³/mol. The molecule has 0 bridgehead atoms. The number of ether oxygens (including phenoxy) is 2. The van der Waals surface area contributed by atoms with E-state index in [1.807, 2.05) is 0 Å². The zero-order chi connectivity index (χ0) is 22.1. The van der Waals surface area contributed by atoms with Crippen LogP contribution < -0.4 is 15.4 Å². The van der Waals surface area contributed by atoms with Crippen molar-refractivity contribution in [2.45, 2.75) is 46.7 Å². The quantitative estimate of drug-likeness (QED) is 0.538. The van der Waals surface area contributed by atoms with Crippen LogP contribution in [0.15, 0.2) is 18.2 Å². The summed E-state index contributed by atoms with van der Waals surface area (Å²) in [6.07, 6.45) is 0. The molecule has 0 heterocycles. The van der Waals surface area contributed by atoms with Gasteiger partial charge in [-0.3, -0.25) is 9.59 Å². The molecule has 162 valence electrons. The number of hydrogen-bond donors (Lipinski definition) is 2. The molecule has 2 unspecified atom stereocenters. The van der Waals surface area contributed by atoms with E-state index in [9.17, 15) is 14.4 Å². The summed E-state index contributed by atoms with van der Waals surface area (Å²) in [7, 11) is 0. The summed E-state index contributed by atoms with van der Waals surface area (Å²) in [5.41, 5.74) is 0. The van der Waals surface area contributed by atoms with Crippen molar-refractivity contribution in [2.75, 3.05) is 13.2 Å². The number of amides is 2. The molecule has 1 rings (SSSR count). The third-order valence-corrected chi connectivity index (χ3v) is 4.55. The number of halogens is 2. The zero-order valence-electron chi connectivity index (χ0n) is 17.3. The van der Waals surface area contributed by atoms with Crippen molar-refractivity contribution < 1.29 is 23.9 Å². The van der Waals surface area contributed by atoms with Gasteiger partial charge in [0.1, 0.15) is 17.8 Å². The van der Waals surface area contributed by atoms with Crippen LogP contribution in [-0.2, 0) is 19.1 Å². The zero-order valence-corrected chi connectivity index (χ0v) is 18.8. The van der Waals surface area contributed by atoms with Gasteiger partial charge in [0, 0.05) is 5.02 Å². The maximum Gasteiger partial charge on any atom is 0.328 e. The Balaban J connectivity index is 2.74. The Morgan fingerprint density at radius 2 is 1.62 bits per heavy atom. The van der Waals surface area contributed by atoms with Crippen molar-refractivity contribution in [3.05, 3.63) is 28.2 Å². The monoisotopic (exact) mass is 446 g/mol. The van der Waals surface area contributed by atoms with Crippen molar-refractivity contribution >= 4 is 41.0 Å². The summed E-state index contributed by atoms with van der Waals surface area (Å²) >= 11 is 11.8. The minimum absolute atomic E-state index is 0.170. The molecule has 0 saturated heterocycles. The number of nitrogens with one attached hydrogen (secondary N) is 2. The Kier molecular flexibility index (Phi) is 10.3. The number of esters is 1. The lowest BCUT2D eigenvalue weighted by Gasteiger charge is -2.26. The molecule has 2 N–H and O–H groups in total. The normalized spacial score (nSPS) is 13.0. The van der Waals surface area contributed by atoms with Crippen LogP contribution in [0.4, 0.5) is 0 Å². The smallest absolute Gasteiger partial charge is 0.328 e. The highest BCUT2D eigenvalue weighted by atomic mass is 35.5. The molecule has 1 aromatic rings. The maximum atomic E-state index is 12.7. The number of hydrogen-bond acceptors (Lipinski definition) is 5. The third-order valence-electron chi connectivity index (χ3n) is 4.02. The molecular weight excluding hydrogens is 419 g/mol. The molecule has 0 aliphatic rings. The highest BCUT2D eigenvalue weighted by Crippen LogP contribution is 2.27. The fourth-order valence-corrected chi connectivity index (χ4v) is 2.92. The number of benzene rings is 1. The van der Waals surface area contributed by atoms with Gasteiger partial charge in [-0.15, -0.1) is 0 Å². The highest BCUT2D eigenvalue weighted by Gasteiger charge is 2.31. The summed E-state index contributed by atoms with van der Waals surface area (Å²) in [6, 6.07) is 3.00. The Morgan fingerprint density at radius 3 is 2.14 bits per heavy atom. The topological polar surface area (TPSA) is 93.7 Å². The van der Waals surface area contributed by atoms with E-state index in [0.717, 1.165) is 0 Å². The van der Waals surface area contributed by atoms with E-state index < -0.39 is 29.9 Å². The van der Waals surface area contributed by atoms with Gasteiger partial charge in [-0.1, -0.05) is 50.9 Å². The predicted octanol–water partition coefficient (Wildman–Crippen LogP) is 3.22. The first kappa shape index (κ1) is 25.0. The molecule has 0 fully saturated rings. The van der Waals surface area contributed by atoms with Crippen LogP contribution in [0, 0.1) is 11.8 Å². The Hall–Kier alpha value is -1.99. The van der Waals surface area contributed by atoms with E-state index in [1.165, 1.54) is 6.07 Å². The molecule has 0 aliphatic carbocycles. The Labute approximate surface area is 181 Å². The molecule has 0 aliphatic heterocycles. The van der Waals surface area contributed by atoms with Gasteiger partial charge in [-0.05, 0) is 37.0 Å². The molecule has 0 saturated carbocycles. The van der Waals surface area contributed by atoms with Gasteiger partial charge >= 0.3 is 5.97 Å². The molecule has 29 heavy (non-hydrogen) atoms. The summed E-state index contributed by atoms with van der Waals surface area (Å²) < 4.78 is 10.4. The average Bonchev–Trinajstić information content (AvgIpc) is 2.62. The van der Waals surface area contributed by atoms with E-state index in [2.05, 4.69) is 10.6 Å². The third kappa shape index (κ3) is 8.11. The first-order chi connectivity index (χ1) is 13.6. The lowest BCUT2D eigenvalue weighted by molar-refractivity contribution is -0.149. The minimum atomic E-state index is -0.845. The molecule has 0 radical (unpaired) electrons. The van der Waals surface area contributed by atoms with E-state index in [4.69, 9.17) is 32.7 Å². The summed E-state index contributed by atoms with van der Waals surface area (Å²) in [6.45, 7) is 8.76. The van der Waals surface area contributed by atoms with Crippen LogP contribution >= 0.6 is 23.2 Å². The first-order valence-electron chi connectivity index (χ1n) is 9.41. The van der Waals surface area contributed by atoms with E-state index >= 15 is 0 Å². The van der Waals surface area contributed by atoms with Crippen LogP contribution in [0.3, 0.4) is 0 Å². The minimum Gasteiger partial charge on any atom is -0.482 e. The average molecular weight is 447 g/mol. The molecule has 9 heteroatoms. The van der Waals surface area contributed by atoms with E-state index in [-0.39, 0.29) is 30.1 Å². The van der Waals surface area contributed by atoms with Gasteiger partial charge < -0.3 is 20.1 Å². The van der Waals surface area contributed by atoms with Gasteiger partial charge in [-0.2, -0.15) is 0 Å². The maximum absolute atomic E-state index is 12.7. The van der Waals surface area contributed by atoms with Crippen molar-refractivity contribution in [3.8, 4) is 5.75 Å². The van der Waals surface area contributed by atoms with Crippen molar-refractivity contribution in [1.82, 2.24) is 10.6 Å². The second-order valence-electron chi connectivity index (χ2n) is 7.13. The molecule has 0 aromatic heterocycles. The molecular formula is C20H28Cl2N2O5. The number of rotatable bonds is 10. The number of carbonyl (C=O) groups excluding carboxylic acids is 3. The Bertz CT molecular complexity index is 725. The van der Waals surface area contributed by atoms with Gasteiger partial charge in [0.15, 0.2) is 6.61 Å². The molecule has 1 aromatic carbocycles. The molecule has 2 amide bonds. The fourth-order valence-electron chi connectivity index (χ4n) is 2.46. The van der Waals surface area contributed by atoms with Crippen molar-refractivity contribution in [3.63, 3.8) is 0 Å². The van der Waals surface area contributed by atoms with Crippen LogP contribution in [0.5, 0.6) is 5.75 Å². The van der Waals surface area contributed by atoms with E-state index in [1.54, 1.807) is 46.8 Å². The van der Waals surface area contributed by atoms with Crippen molar-refractivity contribution in [2.24, 2.45) is 11.8 Å². The largest absolute Gasteiger partial charge is 0.482 e. The highest BCUT2D eigenvalue weighted by molar-refractivity contribution is 6.35. The van der Waals surface area contributed by atoms with E-state index in [0.29, 0.717) is 10.8 Å². The standard InChI is InChI=1S/C20H28Cl2N2O5/c1-6-28-20(27)18(12(4)5)24-19(26)17(11(2)3)23-16(25)10-29-15-8-7-13(21)9-14(15)22/h7-9,11-12,17-18H,6,10H2,1-5H3,(H,23,25)(H,24,26). The van der Waals surface area contributed by atoms with Crippen LogP contribution in [0.25, 0.3) is 0 Å². The number of carbonyl (C=O) groups is 3. The second-order valence-corrected chi connectivity index (χ2v) is 7.98. The summed E-state index contributed by atoms with van der Waals surface area (Å²) in [4.78, 5) is 37.1. The van der Waals surface area contributed by atoms with Crippen LogP contribution in [0.1, 0.15) is 34.6 Å². The fraction of sp³-hybridized carbons (Fsp3) is 0.550. The lowest BCUT2D eigenvalue weighted by atomic mass is 10.00. The Morgan fingerprint density at radius 1 is 1.00 bits per heavy atom. The SMILES string of the molecule is CCOC(=O)C(NC(=O)C(NC(=O)COc1ccc(Cl)cc1Cl)C(C)C)C(C)C. The van der Waals surface area contributed by atoms with Crippen LogP contribution in [-0.4, -0.2) is 43.1 Å². The second kappa shape index (κ2) is 11.9. The first-order valence-corrected chi connectivity index (χ1v) is 10.2. The van der Waals surface area contributed by atoms with Crippen molar-refractivity contribution in [1.29, 1.82) is 0 Å². The molecule has 0 spiro atoms. The summed E-state index contributed by atoms with van der Waals surface area (Å²) in [5.74, 6) is -1.55. The van der Waals surface area contributed by atoms with Crippen LogP contribution in [0.2, 0.25) is 10.0 Å². The summed E-state index contributed by atoms with van der Waals surface area (Å²) in [5, 5.41) is 6.03. The van der Waals surface area contributed by atoms with Gasteiger partial charge in [-0.25, -0.2) is 4.79 Å². The van der Waals surface area contributed by atoms with Gasteiger partial charge in [0.05, 0.1) is 11.6 Å².